The number of Topliss-reactive ketones (excluding diaryl/α,β-unsaturated/α-hetero) is 1. The first-order valence-corrected chi connectivity index (χ1v) is 5.74. The quantitative estimate of drug-likeness (QED) is 0.653. The lowest BCUT2D eigenvalue weighted by Gasteiger charge is -2.06. The first kappa shape index (κ1) is 11.5. The fourth-order valence-corrected chi connectivity index (χ4v) is 2.51. The summed E-state index contributed by atoms with van der Waals surface area (Å²) in [6, 6.07) is 0. The van der Waals surface area contributed by atoms with E-state index in [1.165, 1.54) is 11.8 Å². The molecule has 0 aromatic carbocycles. The minimum Gasteiger partial charge on any atom is -0.481 e. The number of carbonyl (C=O) groups is 2. The van der Waals surface area contributed by atoms with Crippen LogP contribution in [0.25, 0.3) is 0 Å². The van der Waals surface area contributed by atoms with Gasteiger partial charge in [-0.2, -0.15) is 11.8 Å². The molecule has 4 nitrogen and oxygen atoms in total. The number of carboxylic acid groups (broad SMARTS) is 1. The third-order valence-electron chi connectivity index (χ3n) is 2.38. The molecule has 1 aliphatic rings. The van der Waals surface area contributed by atoms with Crippen LogP contribution in [0.5, 0.6) is 0 Å². The molecule has 0 heterocycles. The summed E-state index contributed by atoms with van der Waals surface area (Å²) < 4.78 is 0. The van der Waals surface area contributed by atoms with Crippen LogP contribution in [-0.4, -0.2) is 40.1 Å². The third-order valence-corrected chi connectivity index (χ3v) is 3.49. The number of thioether (sulfide) groups is 1. The van der Waals surface area contributed by atoms with Gasteiger partial charge in [-0.3, -0.25) is 9.59 Å². The largest absolute Gasteiger partial charge is 0.481 e. The summed E-state index contributed by atoms with van der Waals surface area (Å²) in [5.74, 6) is -0.157. The molecule has 80 valence electrons. The van der Waals surface area contributed by atoms with E-state index in [-0.39, 0.29) is 24.7 Å². The molecule has 1 saturated carbocycles. The highest BCUT2D eigenvalue weighted by Gasteiger charge is 2.36. The summed E-state index contributed by atoms with van der Waals surface area (Å²) in [7, 11) is 0. The van der Waals surface area contributed by atoms with Gasteiger partial charge in [-0.25, -0.2) is 0 Å². The van der Waals surface area contributed by atoms with Gasteiger partial charge in [0.05, 0.1) is 12.5 Å². The molecule has 0 radical (unpaired) electrons. The van der Waals surface area contributed by atoms with Crippen LogP contribution in [-0.2, 0) is 9.59 Å². The predicted molar refractivity (Wildman–Crippen MR) is 53.3 cm³/mol. The van der Waals surface area contributed by atoms with Crippen LogP contribution in [0.15, 0.2) is 0 Å². The highest BCUT2D eigenvalue weighted by atomic mass is 32.2. The van der Waals surface area contributed by atoms with Crippen LogP contribution in [0.2, 0.25) is 0 Å². The summed E-state index contributed by atoms with van der Waals surface area (Å²) in [5.41, 5.74) is 0. The summed E-state index contributed by atoms with van der Waals surface area (Å²) in [5, 5.41) is 17.3. The Balaban J connectivity index is 2.33. The second kappa shape index (κ2) is 5.36. The van der Waals surface area contributed by atoms with Crippen LogP contribution in [0.4, 0.5) is 0 Å². The van der Waals surface area contributed by atoms with Crippen molar-refractivity contribution in [3.05, 3.63) is 0 Å². The third kappa shape index (κ3) is 2.99. The number of ketones is 1. The Hall–Kier alpha value is -0.550. The summed E-state index contributed by atoms with van der Waals surface area (Å²) in [4.78, 5) is 22.0. The van der Waals surface area contributed by atoms with Crippen molar-refractivity contribution in [1.82, 2.24) is 0 Å². The van der Waals surface area contributed by atoms with Crippen LogP contribution in [0, 0.1) is 11.8 Å². The molecular weight excluding hydrogens is 204 g/mol. The zero-order valence-corrected chi connectivity index (χ0v) is 8.63. The van der Waals surface area contributed by atoms with Gasteiger partial charge in [0.25, 0.3) is 0 Å². The Labute approximate surface area is 86.7 Å². The number of hydrogen-bond acceptors (Lipinski definition) is 4. The van der Waals surface area contributed by atoms with Crippen molar-refractivity contribution in [1.29, 1.82) is 0 Å². The van der Waals surface area contributed by atoms with Crippen molar-refractivity contribution in [2.75, 3.05) is 18.1 Å². The van der Waals surface area contributed by atoms with Crippen LogP contribution in [0.3, 0.4) is 0 Å². The van der Waals surface area contributed by atoms with Crippen LogP contribution < -0.4 is 0 Å². The molecule has 0 saturated heterocycles. The number of rotatable bonds is 5. The number of carboxylic acids is 1. The van der Waals surface area contributed by atoms with Crippen molar-refractivity contribution in [3.8, 4) is 0 Å². The maximum absolute atomic E-state index is 11.3. The molecule has 0 spiro atoms. The number of aliphatic hydroxyl groups is 1. The van der Waals surface area contributed by atoms with Crippen molar-refractivity contribution in [2.24, 2.45) is 11.8 Å². The number of aliphatic carboxylic acids is 1. The summed E-state index contributed by atoms with van der Waals surface area (Å²) >= 11 is 1.50. The van der Waals surface area contributed by atoms with E-state index >= 15 is 0 Å². The van der Waals surface area contributed by atoms with Gasteiger partial charge in [0, 0.05) is 23.8 Å². The van der Waals surface area contributed by atoms with E-state index in [0.29, 0.717) is 17.9 Å². The molecule has 1 rings (SSSR count). The minimum absolute atomic E-state index is 0.0582. The smallest absolute Gasteiger partial charge is 0.306 e. The standard InChI is InChI=1S/C9H14O4S/c10-1-2-14-5-7-3-6(9(12)13)4-8(7)11/h6-7,10H,1-5H2,(H,12,13). The summed E-state index contributed by atoms with van der Waals surface area (Å²) in [6.07, 6.45) is 0.645. The SMILES string of the molecule is O=C(O)C1CC(=O)C(CSCCO)C1. The molecule has 0 aromatic rings. The van der Waals surface area contributed by atoms with E-state index in [4.69, 9.17) is 10.2 Å². The summed E-state index contributed by atoms with van der Waals surface area (Å²) in [6.45, 7) is 0.105. The first-order valence-electron chi connectivity index (χ1n) is 4.59. The zero-order valence-electron chi connectivity index (χ0n) is 7.81. The maximum atomic E-state index is 11.3. The zero-order chi connectivity index (χ0) is 10.6. The first-order chi connectivity index (χ1) is 6.65. The lowest BCUT2D eigenvalue weighted by atomic mass is 10.1. The highest BCUT2D eigenvalue weighted by Crippen LogP contribution is 2.30. The molecule has 0 aliphatic heterocycles. The predicted octanol–water partition coefficient (Wildman–Crippen LogP) is 0.392. The molecule has 5 heteroatoms. The van der Waals surface area contributed by atoms with Crippen LogP contribution >= 0.6 is 11.8 Å². The molecule has 0 bridgehead atoms. The molecule has 0 aromatic heterocycles. The lowest BCUT2D eigenvalue weighted by Crippen LogP contribution is -2.10. The van der Waals surface area contributed by atoms with Gasteiger partial charge in [-0.1, -0.05) is 0 Å². The second-order valence-electron chi connectivity index (χ2n) is 3.44. The van der Waals surface area contributed by atoms with Gasteiger partial charge in [0.15, 0.2) is 0 Å². The van der Waals surface area contributed by atoms with E-state index in [0.717, 1.165) is 0 Å². The highest BCUT2D eigenvalue weighted by molar-refractivity contribution is 7.99. The minimum atomic E-state index is -0.868. The molecule has 1 fully saturated rings. The number of hydrogen-bond donors (Lipinski definition) is 2. The molecule has 1 aliphatic carbocycles. The average Bonchev–Trinajstić information content (AvgIpc) is 2.49. The van der Waals surface area contributed by atoms with Crippen molar-refractivity contribution < 1.29 is 19.8 Å². The number of carbonyl (C=O) groups excluding carboxylic acids is 1. The van der Waals surface area contributed by atoms with Gasteiger partial charge < -0.3 is 10.2 Å². The second-order valence-corrected chi connectivity index (χ2v) is 4.59. The molecule has 14 heavy (non-hydrogen) atoms. The van der Waals surface area contributed by atoms with Gasteiger partial charge in [0.2, 0.25) is 0 Å². The Morgan fingerprint density at radius 3 is 2.79 bits per heavy atom. The lowest BCUT2D eigenvalue weighted by molar-refractivity contribution is -0.142. The molecule has 2 N–H and O–H groups in total. The van der Waals surface area contributed by atoms with Gasteiger partial charge in [-0.05, 0) is 6.42 Å². The monoisotopic (exact) mass is 218 g/mol. The van der Waals surface area contributed by atoms with Crippen molar-refractivity contribution in [2.45, 2.75) is 12.8 Å². The molecule has 2 atom stereocenters. The van der Waals surface area contributed by atoms with E-state index in [1.807, 2.05) is 0 Å². The van der Waals surface area contributed by atoms with E-state index in [9.17, 15) is 9.59 Å². The van der Waals surface area contributed by atoms with Gasteiger partial charge in [-0.15, -0.1) is 0 Å². The van der Waals surface area contributed by atoms with E-state index in [1.54, 1.807) is 0 Å². The topological polar surface area (TPSA) is 74.6 Å². The fraction of sp³-hybridized carbons (Fsp3) is 0.778. The maximum Gasteiger partial charge on any atom is 0.306 e. The van der Waals surface area contributed by atoms with Crippen molar-refractivity contribution in [3.63, 3.8) is 0 Å². The molecule has 0 amide bonds. The Kier molecular flexibility index (Phi) is 4.41. The molecule has 2 unspecified atom stereocenters. The fourth-order valence-electron chi connectivity index (χ4n) is 1.61. The van der Waals surface area contributed by atoms with Gasteiger partial charge in [0.1, 0.15) is 5.78 Å². The van der Waals surface area contributed by atoms with Crippen molar-refractivity contribution >= 4 is 23.5 Å². The van der Waals surface area contributed by atoms with E-state index in [2.05, 4.69) is 0 Å². The van der Waals surface area contributed by atoms with Gasteiger partial charge >= 0.3 is 5.97 Å². The van der Waals surface area contributed by atoms with Crippen LogP contribution in [0.1, 0.15) is 12.8 Å². The Morgan fingerprint density at radius 2 is 2.29 bits per heavy atom. The van der Waals surface area contributed by atoms with E-state index < -0.39 is 11.9 Å². The normalized spacial score (nSPS) is 26.8. The molecular formula is C9H14O4S. The average molecular weight is 218 g/mol. The Bertz CT molecular complexity index is 229. The number of aliphatic hydroxyl groups excluding tert-OH is 1. The Morgan fingerprint density at radius 1 is 1.57 bits per heavy atom.